The number of carbonyl (C=O) groups excluding carboxylic acids is 3. The summed E-state index contributed by atoms with van der Waals surface area (Å²) in [5.74, 6) is -1.60. The van der Waals surface area contributed by atoms with Crippen molar-refractivity contribution >= 4 is 17.7 Å². The van der Waals surface area contributed by atoms with Crippen molar-refractivity contribution in [1.29, 1.82) is 0 Å². The van der Waals surface area contributed by atoms with E-state index in [9.17, 15) is 14.4 Å². The van der Waals surface area contributed by atoms with Crippen molar-refractivity contribution in [2.24, 2.45) is 5.92 Å². The third kappa shape index (κ3) is 7.29. The number of hydrogen-bond acceptors (Lipinski definition) is 5. The van der Waals surface area contributed by atoms with Gasteiger partial charge >= 0.3 is 0 Å². The minimum atomic E-state index is -0.581. The van der Waals surface area contributed by atoms with E-state index in [1.54, 1.807) is 12.5 Å². The number of hydrazine groups is 1. The van der Waals surface area contributed by atoms with Crippen LogP contribution in [-0.4, -0.2) is 47.6 Å². The van der Waals surface area contributed by atoms with Gasteiger partial charge in [0.05, 0.1) is 0 Å². The zero-order chi connectivity index (χ0) is 19.4. The molecule has 1 saturated heterocycles. The van der Waals surface area contributed by atoms with Gasteiger partial charge in [0, 0.05) is 25.9 Å². The number of hydrogen-bond donors (Lipinski definition) is 4. The predicted molar refractivity (Wildman–Crippen MR) is 98.0 cm³/mol. The van der Waals surface area contributed by atoms with Crippen molar-refractivity contribution in [2.75, 3.05) is 13.6 Å². The molecule has 4 N–H and O–H groups in total. The standard InChI is InChI=1S/C18H34N4O4/c1-3-4-5-6-7-8-10-14(13-16(23)21-26)18(25)22-15(17(24)19-2)11-9-12-20-22/h14-15,20,26H,3-13H2,1-2H3,(H,19,24)(H,21,23). The smallest absolute Gasteiger partial charge is 0.244 e. The normalized spacial score (nSPS) is 18.3. The third-order valence-electron chi connectivity index (χ3n) is 4.85. The second-order valence-corrected chi connectivity index (χ2v) is 6.88. The van der Waals surface area contributed by atoms with Crippen molar-refractivity contribution in [3.8, 4) is 0 Å². The molecular weight excluding hydrogens is 336 g/mol. The molecule has 2 atom stereocenters. The average Bonchev–Trinajstić information content (AvgIpc) is 2.68. The summed E-state index contributed by atoms with van der Waals surface area (Å²) in [6.07, 6.45) is 8.42. The summed E-state index contributed by atoms with van der Waals surface area (Å²) in [6.45, 7) is 2.78. The lowest BCUT2D eigenvalue weighted by molar-refractivity contribution is -0.151. The summed E-state index contributed by atoms with van der Waals surface area (Å²) in [4.78, 5) is 36.7. The van der Waals surface area contributed by atoms with E-state index in [0.717, 1.165) is 25.7 Å². The molecule has 0 saturated carbocycles. The zero-order valence-corrected chi connectivity index (χ0v) is 16.1. The topological polar surface area (TPSA) is 111 Å². The Balaban J connectivity index is 2.68. The van der Waals surface area contributed by atoms with Crippen LogP contribution >= 0.6 is 0 Å². The molecule has 1 heterocycles. The Morgan fingerprint density at radius 2 is 1.88 bits per heavy atom. The van der Waals surface area contributed by atoms with Gasteiger partial charge in [-0.05, 0) is 19.3 Å². The van der Waals surface area contributed by atoms with E-state index in [4.69, 9.17) is 5.21 Å². The van der Waals surface area contributed by atoms with Crippen molar-refractivity contribution in [3.05, 3.63) is 0 Å². The molecule has 1 aliphatic rings. The molecule has 0 aromatic rings. The highest BCUT2D eigenvalue weighted by molar-refractivity contribution is 5.90. The van der Waals surface area contributed by atoms with E-state index in [1.807, 2.05) is 0 Å². The summed E-state index contributed by atoms with van der Waals surface area (Å²) >= 11 is 0. The molecule has 8 heteroatoms. The van der Waals surface area contributed by atoms with Crippen LogP contribution in [0.3, 0.4) is 0 Å². The molecule has 8 nitrogen and oxygen atoms in total. The highest BCUT2D eigenvalue weighted by Crippen LogP contribution is 2.21. The molecule has 3 amide bonds. The van der Waals surface area contributed by atoms with Gasteiger partial charge < -0.3 is 5.32 Å². The van der Waals surface area contributed by atoms with Gasteiger partial charge in [0.25, 0.3) is 0 Å². The molecule has 2 unspecified atom stereocenters. The first kappa shape index (κ1) is 22.4. The lowest BCUT2D eigenvalue weighted by Gasteiger charge is -2.37. The second kappa shape index (κ2) is 12.6. The van der Waals surface area contributed by atoms with Gasteiger partial charge in [0.1, 0.15) is 6.04 Å². The van der Waals surface area contributed by atoms with E-state index in [2.05, 4.69) is 17.7 Å². The van der Waals surface area contributed by atoms with Crippen LogP contribution in [0.4, 0.5) is 0 Å². The van der Waals surface area contributed by atoms with E-state index in [-0.39, 0.29) is 18.2 Å². The lowest BCUT2D eigenvalue weighted by atomic mass is 9.94. The number of hydroxylamine groups is 1. The highest BCUT2D eigenvalue weighted by atomic mass is 16.5. The Bertz CT molecular complexity index is 458. The van der Waals surface area contributed by atoms with Crippen LogP contribution < -0.4 is 16.2 Å². The quantitative estimate of drug-likeness (QED) is 0.250. The Labute approximate surface area is 156 Å². The number of rotatable bonds is 11. The fourth-order valence-corrected chi connectivity index (χ4v) is 3.33. The molecule has 150 valence electrons. The molecule has 26 heavy (non-hydrogen) atoms. The molecular formula is C18H34N4O4. The van der Waals surface area contributed by atoms with E-state index in [0.29, 0.717) is 19.4 Å². The van der Waals surface area contributed by atoms with Crippen LogP contribution in [0.25, 0.3) is 0 Å². The molecule has 0 radical (unpaired) electrons. The van der Waals surface area contributed by atoms with Gasteiger partial charge in [-0.1, -0.05) is 45.4 Å². The summed E-state index contributed by atoms with van der Waals surface area (Å²) in [5, 5.41) is 12.8. The second-order valence-electron chi connectivity index (χ2n) is 6.88. The monoisotopic (exact) mass is 370 g/mol. The first-order valence-corrected chi connectivity index (χ1v) is 9.76. The van der Waals surface area contributed by atoms with Crippen LogP contribution in [0.1, 0.15) is 71.1 Å². The fourth-order valence-electron chi connectivity index (χ4n) is 3.33. The average molecular weight is 370 g/mol. The summed E-state index contributed by atoms with van der Waals surface area (Å²) in [6, 6.07) is -0.564. The Morgan fingerprint density at radius 3 is 2.54 bits per heavy atom. The van der Waals surface area contributed by atoms with Crippen LogP contribution in [0, 0.1) is 5.92 Å². The van der Waals surface area contributed by atoms with Crippen LogP contribution in [0.15, 0.2) is 0 Å². The minimum absolute atomic E-state index is 0.0804. The van der Waals surface area contributed by atoms with Gasteiger partial charge in [-0.15, -0.1) is 0 Å². The van der Waals surface area contributed by atoms with Gasteiger partial charge in [0.15, 0.2) is 0 Å². The maximum Gasteiger partial charge on any atom is 0.244 e. The molecule has 1 rings (SSSR count). The first-order chi connectivity index (χ1) is 12.5. The Hall–Kier alpha value is -1.67. The van der Waals surface area contributed by atoms with E-state index in [1.165, 1.54) is 24.3 Å². The first-order valence-electron chi connectivity index (χ1n) is 9.76. The number of nitrogens with zero attached hydrogens (tertiary/aromatic N) is 1. The van der Waals surface area contributed by atoms with Crippen LogP contribution in [0.2, 0.25) is 0 Å². The SMILES string of the molecule is CCCCCCCCC(CC(=O)NO)C(=O)N1NCCCC1C(=O)NC. The zero-order valence-electron chi connectivity index (χ0n) is 16.1. The molecule has 1 aliphatic heterocycles. The van der Waals surface area contributed by atoms with Crippen LogP contribution in [-0.2, 0) is 14.4 Å². The molecule has 0 spiro atoms. The van der Waals surface area contributed by atoms with E-state index < -0.39 is 17.9 Å². The lowest BCUT2D eigenvalue weighted by Crippen LogP contribution is -2.59. The van der Waals surface area contributed by atoms with Crippen LogP contribution in [0.5, 0.6) is 0 Å². The fraction of sp³-hybridized carbons (Fsp3) is 0.833. The predicted octanol–water partition coefficient (Wildman–Crippen LogP) is 1.49. The van der Waals surface area contributed by atoms with E-state index >= 15 is 0 Å². The highest BCUT2D eigenvalue weighted by Gasteiger charge is 2.35. The summed E-state index contributed by atoms with van der Waals surface area (Å²) in [5.41, 5.74) is 4.61. The number of amides is 3. The number of carbonyl (C=O) groups is 3. The Morgan fingerprint density at radius 1 is 1.19 bits per heavy atom. The Kier molecular flexibility index (Phi) is 10.9. The molecule has 0 aromatic carbocycles. The molecule has 1 fully saturated rings. The summed E-state index contributed by atoms with van der Waals surface area (Å²) < 4.78 is 0. The van der Waals surface area contributed by atoms with Gasteiger partial charge in [0.2, 0.25) is 17.7 Å². The number of unbranched alkanes of at least 4 members (excludes halogenated alkanes) is 5. The molecule has 0 aliphatic carbocycles. The van der Waals surface area contributed by atoms with Crippen molar-refractivity contribution in [1.82, 2.24) is 21.2 Å². The maximum atomic E-state index is 13.0. The minimum Gasteiger partial charge on any atom is -0.357 e. The van der Waals surface area contributed by atoms with Crippen molar-refractivity contribution in [3.63, 3.8) is 0 Å². The van der Waals surface area contributed by atoms with Crippen molar-refractivity contribution < 1.29 is 19.6 Å². The number of likely N-dealkylation sites (N-methyl/N-ethyl adjacent to an activating group) is 1. The third-order valence-corrected chi connectivity index (χ3v) is 4.85. The molecule has 0 bridgehead atoms. The van der Waals surface area contributed by atoms with Gasteiger partial charge in [-0.2, -0.15) is 0 Å². The summed E-state index contributed by atoms with van der Waals surface area (Å²) in [7, 11) is 1.55. The van der Waals surface area contributed by atoms with Gasteiger partial charge in [-0.25, -0.2) is 10.9 Å². The molecule has 0 aromatic heterocycles. The largest absolute Gasteiger partial charge is 0.357 e. The number of nitrogens with one attached hydrogen (secondary N) is 3. The maximum absolute atomic E-state index is 13.0. The van der Waals surface area contributed by atoms with Gasteiger partial charge in [-0.3, -0.25) is 24.6 Å². The van der Waals surface area contributed by atoms with Crippen molar-refractivity contribution in [2.45, 2.75) is 77.2 Å².